The molecule has 2 aromatic rings. The van der Waals surface area contributed by atoms with Crippen LogP contribution in [0.1, 0.15) is 21.2 Å². The number of methoxy groups -OCH3 is 1. The molecule has 0 aliphatic carbocycles. The van der Waals surface area contributed by atoms with Gasteiger partial charge in [-0.3, -0.25) is 0 Å². The van der Waals surface area contributed by atoms with Gasteiger partial charge in [0.15, 0.2) is 0 Å². The summed E-state index contributed by atoms with van der Waals surface area (Å²) in [6.07, 6.45) is 0. The minimum Gasteiger partial charge on any atom is -0.465 e. The molecular formula is C16H19ClN2O4S2. The Morgan fingerprint density at radius 2 is 1.92 bits per heavy atom. The average Bonchev–Trinajstić information content (AvgIpc) is 3.22. The second-order valence-corrected chi connectivity index (χ2v) is 8.43. The minimum absolute atomic E-state index is 0. The second kappa shape index (κ2) is 7.84. The first-order valence-corrected chi connectivity index (χ1v) is 9.73. The van der Waals surface area contributed by atoms with Crippen molar-refractivity contribution in [3.05, 3.63) is 52.2 Å². The monoisotopic (exact) mass is 402 g/mol. The average molecular weight is 403 g/mol. The maximum Gasteiger partial charge on any atom is 0.349 e. The number of nitrogens with two attached hydrogens (primary N) is 1. The van der Waals surface area contributed by atoms with Crippen LogP contribution in [-0.4, -0.2) is 44.9 Å². The number of rotatable bonds is 4. The van der Waals surface area contributed by atoms with E-state index in [1.165, 1.54) is 17.5 Å². The number of hydrogen-bond acceptors (Lipinski definition) is 6. The number of esters is 1. The lowest BCUT2D eigenvalue weighted by Gasteiger charge is -2.16. The number of carbonyl (C=O) groups is 1. The first kappa shape index (κ1) is 19.9. The van der Waals surface area contributed by atoms with E-state index in [0.29, 0.717) is 6.54 Å². The topological polar surface area (TPSA) is 89.7 Å². The molecule has 2 heterocycles. The normalized spacial score (nSPS) is 20.9. The fourth-order valence-electron chi connectivity index (χ4n) is 2.92. The highest BCUT2D eigenvalue weighted by Crippen LogP contribution is 2.33. The van der Waals surface area contributed by atoms with E-state index in [1.807, 2.05) is 30.3 Å². The fourth-order valence-corrected chi connectivity index (χ4v) is 5.73. The Morgan fingerprint density at radius 1 is 1.24 bits per heavy atom. The number of halogens is 1. The molecule has 6 nitrogen and oxygen atoms in total. The van der Waals surface area contributed by atoms with Crippen molar-refractivity contribution in [1.82, 2.24) is 4.31 Å². The van der Waals surface area contributed by atoms with Crippen LogP contribution in [0.3, 0.4) is 0 Å². The zero-order chi connectivity index (χ0) is 17.3. The first-order valence-electron chi connectivity index (χ1n) is 7.41. The maximum atomic E-state index is 12.9. The molecule has 1 aliphatic heterocycles. The van der Waals surface area contributed by atoms with Gasteiger partial charge >= 0.3 is 5.97 Å². The van der Waals surface area contributed by atoms with E-state index in [4.69, 9.17) is 5.73 Å². The zero-order valence-corrected chi connectivity index (χ0v) is 15.9. The van der Waals surface area contributed by atoms with Gasteiger partial charge in [0.2, 0.25) is 10.0 Å². The Hall–Kier alpha value is -1.45. The summed E-state index contributed by atoms with van der Waals surface area (Å²) in [5.74, 6) is -0.715. The molecule has 0 radical (unpaired) electrons. The summed E-state index contributed by atoms with van der Waals surface area (Å²) in [7, 11) is -2.56. The molecule has 1 aromatic heterocycles. The van der Waals surface area contributed by atoms with Crippen LogP contribution in [0.15, 0.2) is 46.7 Å². The van der Waals surface area contributed by atoms with Crippen molar-refractivity contribution in [1.29, 1.82) is 0 Å². The smallest absolute Gasteiger partial charge is 0.349 e. The van der Waals surface area contributed by atoms with Gasteiger partial charge in [0, 0.05) is 25.0 Å². The number of sulfonamides is 1. The Bertz CT molecular complexity index is 839. The van der Waals surface area contributed by atoms with E-state index in [0.717, 1.165) is 16.9 Å². The standard InChI is InChI=1S/C16H18N2O4S2.ClH/c1-22-16(19)15-14(7-8-23-15)24(20,21)18-9-12(13(17)10-18)11-5-3-2-4-6-11;/h2-8,12-13H,9-10,17H2,1H3;1H/t12-,13+;/m0./s1. The molecule has 0 bridgehead atoms. The van der Waals surface area contributed by atoms with Gasteiger partial charge in [-0.1, -0.05) is 30.3 Å². The molecule has 1 fully saturated rings. The van der Waals surface area contributed by atoms with Crippen LogP contribution in [0.5, 0.6) is 0 Å². The Labute approximate surface area is 157 Å². The van der Waals surface area contributed by atoms with Crippen LogP contribution >= 0.6 is 23.7 Å². The number of thiophene rings is 1. The molecule has 25 heavy (non-hydrogen) atoms. The van der Waals surface area contributed by atoms with Gasteiger partial charge < -0.3 is 10.5 Å². The van der Waals surface area contributed by atoms with Gasteiger partial charge in [0.25, 0.3) is 0 Å². The quantitative estimate of drug-likeness (QED) is 0.790. The second-order valence-electron chi connectivity index (χ2n) is 5.61. The number of benzene rings is 1. The van der Waals surface area contributed by atoms with Crippen molar-refractivity contribution in [2.75, 3.05) is 20.2 Å². The van der Waals surface area contributed by atoms with Crippen molar-refractivity contribution in [3.63, 3.8) is 0 Å². The largest absolute Gasteiger partial charge is 0.465 e. The third kappa shape index (κ3) is 3.73. The van der Waals surface area contributed by atoms with E-state index >= 15 is 0 Å². The summed E-state index contributed by atoms with van der Waals surface area (Å²) in [6.45, 7) is 0.516. The molecule has 0 amide bonds. The highest BCUT2D eigenvalue weighted by molar-refractivity contribution is 7.89. The van der Waals surface area contributed by atoms with E-state index < -0.39 is 16.0 Å². The molecule has 2 atom stereocenters. The van der Waals surface area contributed by atoms with E-state index in [-0.39, 0.29) is 40.7 Å². The lowest BCUT2D eigenvalue weighted by Crippen LogP contribution is -2.32. The van der Waals surface area contributed by atoms with E-state index in [2.05, 4.69) is 4.74 Å². The highest BCUT2D eigenvalue weighted by atomic mass is 35.5. The molecule has 136 valence electrons. The van der Waals surface area contributed by atoms with Crippen LogP contribution in [0.2, 0.25) is 0 Å². The number of ether oxygens (including phenoxy) is 1. The predicted octanol–water partition coefficient (Wildman–Crippen LogP) is 2.07. The van der Waals surface area contributed by atoms with Gasteiger partial charge in [-0.2, -0.15) is 4.31 Å². The van der Waals surface area contributed by atoms with Gasteiger partial charge in [-0.05, 0) is 17.0 Å². The summed E-state index contributed by atoms with van der Waals surface area (Å²) >= 11 is 1.05. The lowest BCUT2D eigenvalue weighted by molar-refractivity contribution is 0.0602. The van der Waals surface area contributed by atoms with Crippen LogP contribution in [-0.2, 0) is 14.8 Å². The molecule has 0 unspecified atom stereocenters. The summed E-state index contributed by atoms with van der Waals surface area (Å²) in [5.41, 5.74) is 7.20. The van der Waals surface area contributed by atoms with Crippen molar-refractivity contribution in [3.8, 4) is 0 Å². The van der Waals surface area contributed by atoms with E-state index in [1.54, 1.807) is 5.38 Å². The number of hydrogen-bond donors (Lipinski definition) is 1. The minimum atomic E-state index is -3.79. The molecule has 1 aromatic carbocycles. The molecule has 9 heteroatoms. The lowest BCUT2D eigenvalue weighted by atomic mass is 9.95. The fraction of sp³-hybridized carbons (Fsp3) is 0.312. The summed E-state index contributed by atoms with van der Waals surface area (Å²) in [5, 5.41) is 1.57. The highest BCUT2D eigenvalue weighted by Gasteiger charge is 2.40. The number of carbonyl (C=O) groups excluding carboxylic acids is 1. The van der Waals surface area contributed by atoms with Gasteiger partial charge in [0.1, 0.15) is 9.77 Å². The van der Waals surface area contributed by atoms with Gasteiger partial charge in [0.05, 0.1) is 7.11 Å². The van der Waals surface area contributed by atoms with Crippen LogP contribution in [0, 0.1) is 0 Å². The SMILES string of the molecule is COC(=O)c1sccc1S(=O)(=O)N1C[C@@H](N)[C@H](c2ccccc2)C1.Cl. The van der Waals surface area contributed by atoms with E-state index in [9.17, 15) is 13.2 Å². The molecule has 0 spiro atoms. The summed E-state index contributed by atoms with van der Waals surface area (Å²) in [6, 6.07) is 10.8. The van der Waals surface area contributed by atoms with Gasteiger partial charge in [-0.25, -0.2) is 13.2 Å². The van der Waals surface area contributed by atoms with Gasteiger partial charge in [-0.15, -0.1) is 23.7 Å². The van der Waals surface area contributed by atoms with Crippen molar-refractivity contribution < 1.29 is 17.9 Å². The summed E-state index contributed by atoms with van der Waals surface area (Å²) < 4.78 is 31.9. The third-order valence-electron chi connectivity index (χ3n) is 4.18. The Morgan fingerprint density at radius 3 is 2.56 bits per heavy atom. The molecule has 2 N–H and O–H groups in total. The Balaban J connectivity index is 0.00000225. The maximum absolute atomic E-state index is 12.9. The molecule has 1 aliphatic rings. The van der Waals surface area contributed by atoms with Crippen molar-refractivity contribution in [2.45, 2.75) is 16.9 Å². The molecule has 3 rings (SSSR count). The van der Waals surface area contributed by atoms with Crippen LogP contribution < -0.4 is 5.73 Å². The zero-order valence-electron chi connectivity index (χ0n) is 13.5. The number of nitrogens with zero attached hydrogens (tertiary/aromatic N) is 1. The third-order valence-corrected chi connectivity index (χ3v) is 7.07. The van der Waals surface area contributed by atoms with Crippen LogP contribution in [0.4, 0.5) is 0 Å². The molecule has 1 saturated heterocycles. The Kier molecular flexibility index (Phi) is 6.23. The first-order chi connectivity index (χ1) is 11.4. The van der Waals surface area contributed by atoms with Crippen molar-refractivity contribution >= 4 is 39.7 Å². The predicted molar refractivity (Wildman–Crippen MR) is 98.8 cm³/mol. The van der Waals surface area contributed by atoms with Crippen molar-refractivity contribution in [2.24, 2.45) is 5.73 Å². The van der Waals surface area contributed by atoms with Crippen LogP contribution in [0.25, 0.3) is 0 Å². The molecular weight excluding hydrogens is 384 g/mol. The molecule has 0 saturated carbocycles. The summed E-state index contributed by atoms with van der Waals surface area (Å²) in [4.78, 5) is 11.9.